The maximum Gasteiger partial charge on any atom is 0.120 e. The highest BCUT2D eigenvalue weighted by molar-refractivity contribution is 5.51. The highest BCUT2D eigenvalue weighted by Gasteiger charge is 2.04. The molecule has 0 fully saturated rings. The van der Waals surface area contributed by atoms with Gasteiger partial charge in [0, 0.05) is 0 Å². The van der Waals surface area contributed by atoms with Gasteiger partial charge in [-0.1, -0.05) is 38.5 Å². The third kappa shape index (κ3) is 4.09. The van der Waals surface area contributed by atoms with E-state index in [1.165, 1.54) is 18.4 Å². The van der Waals surface area contributed by atoms with Crippen molar-refractivity contribution in [1.82, 2.24) is 0 Å². The molecule has 0 saturated heterocycles. The second kappa shape index (κ2) is 6.37. The summed E-state index contributed by atoms with van der Waals surface area (Å²) >= 11 is 0. The van der Waals surface area contributed by atoms with Gasteiger partial charge in [0.1, 0.15) is 5.75 Å². The van der Waals surface area contributed by atoms with Gasteiger partial charge in [-0.3, -0.25) is 0 Å². The summed E-state index contributed by atoms with van der Waals surface area (Å²) in [6.07, 6.45) is 5.71. The lowest BCUT2D eigenvalue weighted by Crippen LogP contribution is -2.11. The Morgan fingerprint density at radius 1 is 1.38 bits per heavy atom. The predicted octanol–water partition coefficient (Wildman–Crippen LogP) is 4.60. The van der Waals surface area contributed by atoms with Gasteiger partial charge in [0.15, 0.2) is 0 Å². The average Bonchev–Trinajstić information content (AvgIpc) is 2.25. The first-order valence-electron chi connectivity index (χ1n) is 6.06. The molecule has 0 radical (unpaired) electrons. The molecule has 1 atom stereocenters. The standard InChI is InChI=1S/C15H22O/c1-5-7-8-13(4)16-15-10-12(3)9-14(6-2)11-15/h6,9-11,13H,2,5,7-8H2,1,3-4H3. The molecule has 0 aliphatic carbocycles. The summed E-state index contributed by atoms with van der Waals surface area (Å²) < 4.78 is 5.89. The molecule has 0 aliphatic rings. The van der Waals surface area contributed by atoms with Gasteiger partial charge < -0.3 is 4.74 Å². The second-order valence-corrected chi connectivity index (χ2v) is 4.35. The van der Waals surface area contributed by atoms with Crippen LogP contribution in [0.4, 0.5) is 0 Å². The van der Waals surface area contributed by atoms with Crippen molar-refractivity contribution in [3.63, 3.8) is 0 Å². The molecule has 16 heavy (non-hydrogen) atoms. The van der Waals surface area contributed by atoms with E-state index in [1.807, 2.05) is 12.1 Å². The highest BCUT2D eigenvalue weighted by Crippen LogP contribution is 2.20. The van der Waals surface area contributed by atoms with Crippen LogP contribution in [0.1, 0.15) is 44.2 Å². The van der Waals surface area contributed by atoms with Crippen LogP contribution in [-0.2, 0) is 0 Å². The lowest BCUT2D eigenvalue weighted by Gasteiger charge is -2.15. The Kier molecular flexibility index (Phi) is 5.10. The normalized spacial score (nSPS) is 12.2. The van der Waals surface area contributed by atoms with Crippen LogP contribution in [0.15, 0.2) is 24.8 Å². The number of aryl methyl sites for hydroxylation is 1. The minimum absolute atomic E-state index is 0.291. The lowest BCUT2D eigenvalue weighted by atomic mass is 10.1. The van der Waals surface area contributed by atoms with Gasteiger partial charge in [0.25, 0.3) is 0 Å². The van der Waals surface area contributed by atoms with E-state index in [0.29, 0.717) is 6.10 Å². The molecule has 0 bridgehead atoms. The molecule has 0 amide bonds. The molecule has 88 valence electrons. The van der Waals surface area contributed by atoms with Gasteiger partial charge in [0.2, 0.25) is 0 Å². The van der Waals surface area contributed by atoms with Crippen LogP contribution in [0.5, 0.6) is 5.75 Å². The molecular formula is C15H22O. The van der Waals surface area contributed by atoms with Crippen molar-refractivity contribution >= 4 is 6.08 Å². The van der Waals surface area contributed by atoms with Gasteiger partial charge in [-0.05, 0) is 43.5 Å². The predicted molar refractivity (Wildman–Crippen MR) is 70.9 cm³/mol. The summed E-state index contributed by atoms with van der Waals surface area (Å²) in [7, 11) is 0. The van der Waals surface area contributed by atoms with Crippen LogP contribution in [0.25, 0.3) is 6.08 Å². The molecule has 1 rings (SSSR count). The Morgan fingerprint density at radius 3 is 2.75 bits per heavy atom. The first-order valence-corrected chi connectivity index (χ1v) is 6.06. The van der Waals surface area contributed by atoms with Crippen LogP contribution in [0.2, 0.25) is 0 Å². The van der Waals surface area contributed by atoms with E-state index in [2.05, 4.69) is 39.5 Å². The zero-order chi connectivity index (χ0) is 12.0. The van der Waals surface area contributed by atoms with Crippen molar-refractivity contribution in [1.29, 1.82) is 0 Å². The zero-order valence-electron chi connectivity index (χ0n) is 10.6. The van der Waals surface area contributed by atoms with Crippen LogP contribution in [-0.4, -0.2) is 6.10 Å². The average molecular weight is 218 g/mol. The summed E-state index contributed by atoms with van der Waals surface area (Å²) in [5, 5.41) is 0. The monoisotopic (exact) mass is 218 g/mol. The Hall–Kier alpha value is -1.24. The van der Waals surface area contributed by atoms with Gasteiger partial charge in [0.05, 0.1) is 6.10 Å². The van der Waals surface area contributed by atoms with Gasteiger partial charge in [-0.25, -0.2) is 0 Å². The largest absolute Gasteiger partial charge is 0.491 e. The smallest absolute Gasteiger partial charge is 0.120 e. The molecule has 1 nitrogen and oxygen atoms in total. The topological polar surface area (TPSA) is 9.23 Å². The fraction of sp³-hybridized carbons (Fsp3) is 0.467. The molecule has 1 aromatic rings. The maximum atomic E-state index is 5.89. The van der Waals surface area contributed by atoms with Gasteiger partial charge in [-0.2, -0.15) is 0 Å². The molecule has 1 unspecified atom stereocenters. The van der Waals surface area contributed by atoms with Crippen molar-refractivity contribution in [3.8, 4) is 5.75 Å². The van der Waals surface area contributed by atoms with Crippen molar-refractivity contribution in [2.24, 2.45) is 0 Å². The molecule has 0 aliphatic heterocycles. The van der Waals surface area contributed by atoms with Crippen LogP contribution in [0, 0.1) is 6.92 Å². The van der Waals surface area contributed by atoms with Crippen molar-refractivity contribution in [2.45, 2.75) is 46.1 Å². The van der Waals surface area contributed by atoms with Gasteiger partial charge >= 0.3 is 0 Å². The van der Waals surface area contributed by atoms with Gasteiger partial charge in [-0.15, -0.1) is 0 Å². The van der Waals surface area contributed by atoms with E-state index < -0.39 is 0 Å². The number of unbranched alkanes of at least 4 members (excludes halogenated alkanes) is 1. The fourth-order valence-electron chi connectivity index (χ4n) is 1.75. The third-order valence-corrected chi connectivity index (χ3v) is 2.61. The van der Waals surface area contributed by atoms with Crippen molar-refractivity contribution in [2.75, 3.05) is 0 Å². The molecule has 0 heterocycles. The summed E-state index contributed by atoms with van der Waals surface area (Å²) in [4.78, 5) is 0. The van der Waals surface area contributed by atoms with Crippen LogP contribution >= 0.6 is 0 Å². The number of hydrogen-bond acceptors (Lipinski definition) is 1. The summed E-state index contributed by atoms with van der Waals surface area (Å²) in [6.45, 7) is 10.2. The molecule has 0 spiro atoms. The zero-order valence-corrected chi connectivity index (χ0v) is 10.6. The molecule has 0 aromatic heterocycles. The molecule has 1 aromatic carbocycles. The van der Waals surface area contributed by atoms with Crippen molar-refractivity contribution < 1.29 is 4.74 Å². The minimum atomic E-state index is 0.291. The molecular weight excluding hydrogens is 196 g/mol. The Balaban J connectivity index is 2.65. The van der Waals surface area contributed by atoms with E-state index in [1.54, 1.807) is 0 Å². The summed E-state index contributed by atoms with van der Waals surface area (Å²) in [5.74, 6) is 0.957. The third-order valence-electron chi connectivity index (χ3n) is 2.61. The van der Waals surface area contributed by atoms with Crippen LogP contribution in [0.3, 0.4) is 0 Å². The number of ether oxygens (including phenoxy) is 1. The Bertz CT molecular complexity index is 341. The molecule has 1 heteroatoms. The number of rotatable bonds is 6. The molecule has 0 saturated carbocycles. The lowest BCUT2D eigenvalue weighted by molar-refractivity contribution is 0.207. The van der Waals surface area contributed by atoms with Crippen molar-refractivity contribution in [3.05, 3.63) is 35.9 Å². The van der Waals surface area contributed by atoms with E-state index >= 15 is 0 Å². The van der Waals surface area contributed by atoms with Crippen LogP contribution < -0.4 is 4.74 Å². The van der Waals surface area contributed by atoms with E-state index in [9.17, 15) is 0 Å². The second-order valence-electron chi connectivity index (χ2n) is 4.35. The first kappa shape index (κ1) is 12.8. The Labute approximate surface area is 99.1 Å². The molecule has 0 N–H and O–H groups in total. The van der Waals surface area contributed by atoms with E-state index in [4.69, 9.17) is 4.74 Å². The SMILES string of the molecule is C=Cc1cc(C)cc(OC(C)CCCC)c1. The first-order chi connectivity index (χ1) is 7.65. The maximum absolute atomic E-state index is 5.89. The van der Waals surface area contributed by atoms with E-state index in [0.717, 1.165) is 17.7 Å². The van der Waals surface area contributed by atoms with E-state index in [-0.39, 0.29) is 0 Å². The number of hydrogen-bond donors (Lipinski definition) is 0. The summed E-state index contributed by atoms with van der Waals surface area (Å²) in [6, 6.07) is 6.23. The Morgan fingerprint density at radius 2 is 2.12 bits per heavy atom. The minimum Gasteiger partial charge on any atom is -0.491 e. The highest BCUT2D eigenvalue weighted by atomic mass is 16.5. The fourth-order valence-corrected chi connectivity index (χ4v) is 1.75. The summed E-state index contributed by atoms with van der Waals surface area (Å²) in [5.41, 5.74) is 2.34. The number of benzene rings is 1. The quantitative estimate of drug-likeness (QED) is 0.678.